The van der Waals surface area contributed by atoms with Crippen LogP contribution in [0.3, 0.4) is 0 Å². The minimum absolute atomic E-state index is 0.111. The Kier molecular flexibility index (Phi) is 6.61. The molecule has 7 heteroatoms. The topological polar surface area (TPSA) is 69.4 Å². The number of hydrogen-bond acceptors (Lipinski definition) is 7. The van der Waals surface area contributed by atoms with Gasteiger partial charge in [0.1, 0.15) is 0 Å². The first kappa shape index (κ1) is 20.3. The maximum atomic E-state index is 6.25. The fraction of sp³-hybridized carbons (Fsp3) is 0.429. The second-order valence-electron chi connectivity index (χ2n) is 6.83. The minimum Gasteiger partial charge on any atom is -0.493 e. The molecule has 0 unspecified atom stereocenters. The number of benzene rings is 2. The first-order valence-electron chi connectivity index (χ1n) is 9.25. The molecule has 3 rings (SSSR count). The average molecular weight is 387 g/mol. The van der Waals surface area contributed by atoms with E-state index < -0.39 is 0 Å². The zero-order valence-electron chi connectivity index (χ0n) is 17.0. The fourth-order valence-corrected chi connectivity index (χ4v) is 3.54. The van der Waals surface area contributed by atoms with E-state index in [9.17, 15) is 0 Å². The highest BCUT2D eigenvalue weighted by molar-refractivity contribution is 5.43. The lowest BCUT2D eigenvalue weighted by Gasteiger charge is -2.28. The van der Waals surface area contributed by atoms with Crippen LogP contribution in [-0.4, -0.2) is 57.6 Å². The molecule has 0 amide bonds. The SMILES string of the molecule is COc1ccc(CN2CC(N)CN2Cc2ccc(OC)c(OC)c2)cc1OC. The van der Waals surface area contributed by atoms with Gasteiger partial charge in [0, 0.05) is 32.2 Å². The van der Waals surface area contributed by atoms with Crippen LogP contribution in [0, 0.1) is 0 Å². The van der Waals surface area contributed by atoms with Gasteiger partial charge in [0.2, 0.25) is 0 Å². The summed E-state index contributed by atoms with van der Waals surface area (Å²) in [5, 5.41) is 4.56. The molecule has 1 fully saturated rings. The van der Waals surface area contributed by atoms with Crippen molar-refractivity contribution in [2.75, 3.05) is 41.5 Å². The molecule has 2 aromatic rings. The van der Waals surface area contributed by atoms with Crippen molar-refractivity contribution in [1.82, 2.24) is 10.0 Å². The summed E-state index contributed by atoms with van der Waals surface area (Å²) in [6.07, 6.45) is 0. The number of nitrogens with two attached hydrogens (primary N) is 1. The second kappa shape index (κ2) is 9.14. The van der Waals surface area contributed by atoms with Crippen molar-refractivity contribution in [3.8, 4) is 23.0 Å². The Balaban J connectivity index is 1.74. The van der Waals surface area contributed by atoms with E-state index in [4.69, 9.17) is 24.7 Å². The number of nitrogens with zero attached hydrogens (tertiary/aromatic N) is 2. The van der Waals surface area contributed by atoms with Crippen molar-refractivity contribution >= 4 is 0 Å². The third kappa shape index (κ3) is 4.49. The highest BCUT2D eigenvalue weighted by atomic mass is 16.5. The number of hydrazine groups is 1. The quantitative estimate of drug-likeness (QED) is 0.745. The van der Waals surface area contributed by atoms with Crippen LogP contribution >= 0.6 is 0 Å². The predicted molar refractivity (Wildman–Crippen MR) is 108 cm³/mol. The average Bonchev–Trinajstić information content (AvgIpc) is 3.06. The Labute approximate surface area is 166 Å². The molecule has 152 valence electrons. The molecule has 2 N–H and O–H groups in total. The van der Waals surface area contributed by atoms with Crippen molar-refractivity contribution in [2.45, 2.75) is 19.1 Å². The van der Waals surface area contributed by atoms with Gasteiger partial charge < -0.3 is 24.7 Å². The van der Waals surface area contributed by atoms with Crippen LogP contribution < -0.4 is 24.7 Å². The highest BCUT2D eigenvalue weighted by Crippen LogP contribution is 2.30. The number of ether oxygens (including phenoxy) is 4. The van der Waals surface area contributed by atoms with Gasteiger partial charge in [0.25, 0.3) is 0 Å². The summed E-state index contributed by atoms with van der Waals surface area (Å²) in [5.74, 6) is 2.92. The molecule has 1 saturated heterocycles. The molecule has 7 nitrogen and oxygen atoms in total. The van der Waals surface area contributed by atoms with Crippen molar-refractivity contribution in [2.24, 2.45) is 5.73 Å². The van der Waals surface area contributed by atoms with E-state index in [-0.39, 0.29) is 6.04 Å². The smallest absolute Gasteiger partial charge is 0.161 e. The summed E-state index contributed by atoms with van der Waals surface area (Å²) in [6.45, 7) is 3.12. The normalized spacial score (nSPS) is 15.6. The van der Waals surface area contributed by atoms with E-state index >= 15 is 0 Å². The summed E-state index contributed by atoms with van der Waals surface area (Å²) < 4.78 is 21.5. The first-order chi connectivity index (χ1) is 13.6. The third-order valence-corrected chi connectivity index (χ3v) is 4.92. The Morgan fingerprint density at radius 3 is 1.46 bits per heavy atom. The lowest BCUT2D eigenvalue weighted by molar-refractivity contribution is 0.0108. The van der Waals surface area contributed by atoms with E-state index in [1.807, 2.05) is 24.3 Å². The summed E-state index contributed by atoms with van der Waals surface area (Å²) in [7, 11) is 6.58. The molecule has 0 bridgehead atoms. The largest absolute Gasteiger partial charge is 0.493 e. The van der Waals surface area contributed by atoms with Crippen molar-refractivity contribution < 1.29 is 18.9 Å². The fourth-order valence-electron chi connectivity index (χ4n) is 3.54. The highest BCUT2D eigenvalue weighted by Gasteiger charge is 2.28. The molecular weight excluding hydrogens is 358 g/mol. The van der Waals surface area contributed by atoms with Crippen LogP contribution in [0.5, 0.6) is 23.0 Å². The summed E-state index contributed by atoms with van der Waals surface area (Å²) >= 11 is 0. The lowest BCUT2D eigenvalue weighted by Crippen LogP contribution is -2.35. The van der Waals surface area contributed by atoms with E-state index in [1.54, 1.807) is 28.4 Å². The molecule has 0 aromatic heterocycles. The molecule has 1 heterocycles. The zero-order chi connectivity index (χ0) is 20.1. The molecule has 1 aliphatic rings. The Bertz CT molecular complexity index is 734. The number of hydrogen-bond donors (Lipinski definition) is 1. The lowest BCUT2D eigenvalue weighted by atomic mass is 10.2. The molecule has 0 aliphatic carbocycles. The van der Waals surface area contributed by atoms with Gasteiger partial charge in [-0.1, -0.05) is 12.1 Å². The van der Waals surface area contributed by atoms with E-state index in [0.29, 0.717) is 0 Å². The van der Waals surface area contributed by atoms with E-state index in [2.05, 4.69) is 22.2 Å². The van der Waals surface area contributed by atoms with Gasteiger partial charge in [-0.05, 0) is 35.4 Å². The number of methoxy groups -OCH3 is 4. The monoisotopic (exact) mass is 387 g/mol. The maximum Gasteiger partial charge on any atom is 0.161 e. The Morgan fingerprint density at radius 2 is 1.11 bits per heavy atom. The van der Waals surface area contributed by atoms with Crippen LogP contribution in [0.1, 0.15) is 11.1 Å². The van der Waals surface area contributed by atoms with Gasteiger partial charge in [-0.15, -0.1) is 0 Å². The van der Waals surface area contributed by atoms with Crippen molar-refractivity contribution in [3.63, 3.8) is 0 Å². The van der Waals surface area contributed by atoms with Crippen molar-refractivity contribution in [3.05, 3.63) is 47.5 Å². The van der Waals surface area contributed by atoms with Gasteiger partial charge in [-0.3, -0.25) is 0 Å². The molecule has 0 spiro atoms. The van der Waals surface area contributed by atoms with Crippen LogP contribution in [0.15, 0.2) is 36.4 Å². The third-order valence-electron chi connectivity index (χ3n) is 4.92. The van der Waals surface area contributed by atoms with E-state index in [0.717, 1.165) is 60.3 Å². The van der Waals surface area contributed by atoms with Gasteiger partial charge in [-0.25, -0.2) is 10.0 Å². The summed E-state index contributed by atoms with van der Waals surface area (Å²) in [5.41, 5.74) is 8.54. The van der Waals surface area contributed by atoms with Gasteiger partial charge in [0.05, 0.1) is 28.4 Å². The van der Waals surface area contributed by atoms with Gasteiger partial charge >= 0.3 is 0 Å². The first-order valence-corrected chi connectivity index (χ1v) is 9.25. The second-order valence-corrected chi connectivity index (χ2v) is 6.83. The standard InChI is InChI=1S/C21H29N3O4/c1-25-18-7-5-15(9-20(18)27-3)11-23-13-17(22)14-24(23)12-16-6-8-19(26-2)21(10-16)28-4/h5-10,17H,11-14,22H2,1-4H3. The molecule has 0 radical (unpaired) electrons. The molecular formula is C21H29N3O4. The van der Waals surface area contributed by atoms with Crippen molar-refractivity contribution in [1.29, 1.82) is 0 Å². The van der Waals surface area contributed by atoms with Crippen LogP contribution in [0.4, 0.5) is 0 Å². The Hall–Kier alpha value is -2.48. The van der Waals surface area contributed by atoms with Crippen LogP contribution in [0.2, 0.25) is 0 Å². The molecule has 0 atom stereocenters. The van der Waals surface area contributed by atoms with Crippen LogP contribution in [-0.2, 0) is 13.1 Å². The molecule has 28 heavy (non-hydrogen) atoms. The maximum absolute atomic E-state index is 6.25. The minimum atomic E-state index is 0.111. The van der Waals surface area contributed by atoms with Gasteiger partial charge in [0.15, 0.2) is 23.0 Å². The summed E-state index contributed by atoms with van der Waals surface area (Å²) in [4.78, 5) is 0. The van der Waals surface area contributed by atoms with E-state index in [1.165, 1.54) is 0 Å². The molecule has 1 aliphatic heterocycles. The zero-order valence-corrected chi connectivity index (χ0v) is 17.0. The number of rotatable bonds is 8. The van der Waals surface area contributed by atoms with Crippen LogP contribution in [0.25, 0.3) is 0 Å². The molecule has 0 saturated carbocycles. The molecule has 2 aromatic carbocycles. The Morgan fingerprint density at radius 1 is 0.714 bits per heavy atom. The predicted octanol–water partition coefficient (Wildman–Crippen LogP) is 2.28. The summed E-state index contributed by atoms with van der Waals surface area (Å²) in [6, 6.07) is 12.1. The van der Waals surface area contributed by atoms with Gasteiger partial charge in [-0.2, -0.15) is 0 Å².